The molecule has 0 unspecified atom stereocenters. The van der Waals surface area contributed by atoms with Gasteiger partial charge < -0.3 is 15.1 Å². The van der Waals surface area contributed by atoms with Gasteiger partial charge in [-0.15, -0.1) is 0 Å². The minimum Gasteiger partial charge on any atom is -0.372 e. The molecule has 1 aliphatic heterocycles. The van der Waals surface area contributed by atoms with E-state index in [0.717, 1.165) is 32.4 Å². The van der Waals surface area contributed by atoms with E-state index >= 15 is 0 Å². The molecule has 0 bridgehead atoms. The summed E-state index contributed by atoms with van der Waals surface area (Å²) in [7, 11) is 1.87. The molecule has 0 radical (unpaired) electrons. The van der Waals surface area contributed by atoms with Crippen molar-refractivity contribution in [3.8, 4) is 0 Å². The number of carbonyl (C=O) groups is 2. The van der Waals surface area contributed by atoms with Crippen LogP contribution in [0.15, 0.2) is 24.3 Å². The van der Waals surface area contributed by atoms with Crippen molar-refractivity contribution in [2.45, 2.75) is 58.4 Å². The van der Waals surface area contributed by atoms with E-state index in [2.05, 4.69) is 34.5 Å². The summed E-state index contributed by atoms with van der Waals surface area (Å²) in [5.41, 5.74) is 2.47. The molecule has 1 N–H and O–H groups in total. The lowest BCUT2D eigenvalue weighted by Gasteiger charge is -2.29. The Morgan fingerprint density at radius 1 is 1.04 bits per heavy atom. The number of nitrogens with one attached hydrogen (secondary N) is 1. The van der Waals surface area contributed by atoms with Crippen LogP contribution in [0.2, 0.25) is 0 Å². The first-order chi connectivity index (χ1) is 12.6. The number of piperidine rings is 1. The minimum atomic E-state index is 0.00659. The number of amides is 2. The third-order valence-corrected chi connectivity index (χ3v) is 4.94. The van der Waals surface area contributed by atoms with Crippen LogP contribution in [0.5, 0.6) is 0 Å². The normalized spacial score (nSPS) is 14.2. The van der Waals surface area contributed by atoms with Crippen molar-refractivity contribution >= 4 is 17.5 Å². The largest absolute Gasteiger partial charge is 0.372 e. The van der Waals surface area contributed by atoms with E-state index in [1.165, 1.54) is 37.4 Å². The van der Waals surface area contributed by atoms with Crippen molar-refractivity contribution in [3.05, 3.63) is 29.8 Å². The first-order valence-corrected chi connectivity index (χ1v) is 9.88. The Morgan fingerprint density at radius 3 is 2.38 bits per heavy atom. The number of carbonyl (C=O) groups excluding carboxylic acids is 2. The fourth-order valence-corrected chi connectivity index (χ4v) is 3.36. The molecule has 1 aromatic rings. The second-order valence-electron chi connectivity index (χ2n) is 7.26. The van der Waals surface area contributed by atoms with Crippen LogP contribution in [0.4, 0.5) is 5.69 Å². The second-order valence-corrected chi connectivity index (χ2v) is 7.26. The van der Waals surface area contributed by atoms with Crippen molar-refractivity contribution in [1.29, 1.82) is 0 Å². The number of nitrogens with zero attached hydrogens (tertiary/aromatic N) is 2. The van der Waals surface area contributed by atoms with Gasteiger partial charge in [0.25, 0.3) is 0 Å². The molecule has 2 rings (SSSR count). The van der Waals surface area contributed by atoms with Gasteiger partial charge in [0.2, 0.25) is 11.8 Å². The van der Waals surface area contributed by atoms with E-state index in [4.69, 9.17) is 0 Å². The summed E-state index contributed by atoms with van der Waals surface area (Å²) in [5.74, 6) is 0.191. The van der Waals surface area contributed by atoms with Crippen LogP contribution in [-0.2, 0) is 16.1 Å². The van der Waals surface area contributed by atoms with Crippen molar-refractivity contribution in [3.63, 3.8) is 0 Å². The van der Waals surface area contributed by atoms with E-state index in [9.17, 15) is 9.59 Å². The van der Waals surface area contributed by atoms with Gasteiger partial charge >= 0.3 is 0 Å². The van der Waals surface area contributed by atoms with Gasteiger partial charge in [-0.05, 0) is 49.8 Å². The molecule has 0 saturated carbocycles. The predicted molar refractivity (Wildman–Crippen MR) is 106 cm³/mol. The summed E-state index contributed by atoms with van der Waals surface area (Å²) in [6, 6.07) is 8.64. The van der Waals surface area contributed by atoms with Crippen LogP contribution in [0.1, 0.15) is 57.4 Å². The van der Waals surface area contributed by atoms with Gasteiger partial charge in [0, 0.05) is 52.3 Å². The maximum atomic E-state index is 12.3. The summed E-state index contributed by atoms with van der Waals surface area (Å²) in [6.07, 6.45) is 7.24. The van der Waals surface area contributed by atoms with Crippen LogP contribution in [0, 0.1) is 0 Å². The average molecular weight is 360 g/mol. The Kier molecular flexibility index (Phi) is 8.45. The zero-order chi connectivity index (χ0) is 18.8. The molecule has 5 heteroatoms. The summed E-state index contributed by atoms with van der Waals surface area (Å²) in [6.45, 7) is 5.19. The molecule has 1 aromatic carbocycles. The minimum absolute atomic E-state index is 0.00659. The number of benzene rings is 1. The average Bonchev–Trinajstić information content (AvgIpc) is 2.65. The zero-order valence-corrected chi connectivity index (χ0v) is 16.3. The van der Waals surface area contributed by atoms with E-state index in [1.807, 2.05) is 11.9 Å². The van der Waals surface area contributed by atoms with E-state index in [1.54, 1.807) is 0 Å². The molecule has 1 heterocycles. The fraction of sp³-hybridized carbons (Fsp3) is 0.619. The van der Waals surface area contributed by atoms with Crippen molar-refractivity contribution in [1.82, 2.24) is 10.2 Å². The Labute approximate surface area is 157 Å². The van der Waals surface area contributed by atoms with Crippen LogP contribution >= 0.6 is 0 Å². The first kappa shape index (κ1) is 20.3. The van der Waals surface area contributed by atoms with Gasteiger partial charge in [-0.2, -0.15) is 0 Å². The summed E-state index contributed by atoms with van der Waals surface area (Å²) in [4.78, 5) is 27.3. The van der Waals surface area contributed by atoms with Gasteiger partial charge in [0.1, 0.15) is 0 Å². The zero-order valence-electron chi connectivity index (χ0n) is 16.3. The highest BCUT2D eigenvalue weighted by Gasteiger charge is 2.12. The molecule has 144 valence electrons. The summed E-state index contributed by atoms with van der Waals surface area (Å²) in [5, 5.41) is 2.78. The summed E-state index contributed by atoms with van der Waals surface area (Å²) >= 11 is 0. The van der Waals surface area contributed by atoms with E-state index < -0.39 is 0 Å². The maximum Gasteiger partial charge on any atom is 0.222 e. The molecular formula is C21H33N3O2. The molecule has 0 spiro atoms. The summed E-state index contributed by atoms with van der Waals surface area (Å²) < 4.78 is 0. The number of hydrogen-bond acceptors (Lipinski definition) is 3. The highest BCUT2D eigenvalue weighted by atomic mass is 16.2. The standard InChI is InChI=1S/C21H33N3O2/c1-18(25)22-14-6-3-5-9-21(26)23(2)17-19-10-12-20(13-11-19)24-15-7-4-8-16-24/h10-13H,3-9,14-17H2,1-2H3,(H,22,25). The van der Waals surface area contributed by atoms with Crippen LogP contribution < -0.4 is 10.2 Å². The van der Waals surface area contributed by atoms with Crippen LogP contribution in [-0.4, -0.2) is 43.4 Å². The smallest absolute Gasteiger partial charge is 0.222 e. The van der Waals surface area contributed by atoms with Crippen molar-refractivity contribution in [2.24, 2.45) is 0 Å². The third-order valence-electron chi connectivity index (χ3n) is 4.94. The molecule has 1 aliphatic rings. The molecule has 0 aliphatic carbocycles. The lowest BCUT2D eigenvalue weighted by atomic mass is 10.1. The van der Waals surface area contributed by atoms with Crippen molar-refractivity contribution < 1.29 is 9.59 Å². The number of anilines is 1. The monoisotopic (exact) mass is 359 g/mol. The molecular weight excluding hydrogens is 326 g/mol. The number of unbranched alkanes of at least 4 members (excludes halogenated alkanes) is 2. The van der Waals surface area contributed by atoms with Gasteiger partial charge in [-0.25, -0.2) is 0 Å². The Hall–Kier alpha value is -2.04. The molecule has 2 amide bonds. The highest BCUT2D eigenvalue weighted by Crippen LogP contribution is 2.20. The van der Waals surface area contributed by atoms with E-state index in [-0.39, 0.29) is 11.8 Å². The topological polar surface area (TPSA) is 52.7 Å². The Balaban J connectivity index is 1.68. The molecule has 5 nitrogen and oxygen atoms in total. The van der Waals surface area contributed by atoms with E-state index in [0.29, 0.717) is 19.5 Å². The molecule has 1 fully saturated rings. The van der Waals surface area contributed by atoms with Crippen LogP contribution in [0.25, 0.3) is 0 Å². The third kappa shape index (κ3) is 7.06. The molecule has 0 atom stereocenters. The number of rotatable bonds is 9. The molecule has 1 saturated heterocycles. The highest BCUT2D eigenvalue weighted by molar-refractivity contribution is 5.75. The van der Waals surface area contributed by atoms with Gasteiger partial charge in [0.15, 0.2) is 0 Å². The lowest BCUT2D eigenvalue weighted by molar-refractivity contribution is -0.130. The van der Waals surface area contributed by atoms with Crippen molar-refractivity contribution in [2.75, 3.05) is 31.6 Å². The predicted octanol–water partition coefficient (Wildman–Crippen LogP) is 3.33. The first-order valence-electron chi connectivity index (χ1n) is 9.88. The lowest BCUT2D eigenvalue weighted by Crippen LogP contribution is -2.29. The second kappa shape index (κ2) is 10.8. The molecule has 26 heavy (non-hydrogen) atoms. The quantitative estimate of drug-likeness (QED) is 0.688. The SMILES string of the molecule is CC(=O)NCCCCCC(=O)N(C)Cc1ccc(N2CCCCC2)cc1. The number of hydrogen-bond donors (Lipinski definition) is 1. The Morgan fingerprint density at radius 2 is 1.73 bits per heavy atom. The van der Waals surface area contributed by atoms with Crippen LogP contribution in [0.3, 0.4) is 0 Å². The fourth-order valence-electron chi connectivity index (χ4n) is 3.36. The molecule has 0 aromatic heterocycles. The maximum absolute atomic E-state index is 12.3. The van der Waals surface area contributed by atoms with Gasteiger partial charge in [-0.1, -0.05) is 18.6 Å². The van der Waals surface area contributed by atoms with Gasteiger partial charge in [0.05, 0.1) is 0 Å². The van der Waals surface area contributed by atoms with Gasteiger partial charge in [-0.3, -0.25) is 9.59 Å². The Bertz CT molecular complexity index is 565.